The van der Waals surface area contributed by atoms with Crippen LogP contribution in [0.2, 0.25) is 0 Å². The average Bonchev–Trinajstić information content (AvgIpc) is 3.32. The fourth-order valence-electron chi connectivity index (χ4n) is 3.21. The zero-order valence-electron chi connectivity index (χ0n) is 12.9. The third-order valence-corrected chi connectivity index (χ3v) is 4.32. The first kappa shape index (κ1) is 13.1. The molecule has 0 aliphatic heterocycles. The van der Waals surface area contributed by atoms with Gasteiger partial charge < -0.3 is 9.55 Å². The average molecular weight is 315 g/mol. The molecule has 0 saturated heterocycles. The van der Waals surface area contributed by atoms with E-state index in [0.717, 1.165) is 44.5 Å². The Hall–Kier alpha value is -3.41. The summed E-state index contributed by atoms with van der Waals surface area (Å²) in [6, 6.07) is 12.1. The zero-order valence-corrected chi connectivity index (χ0v) is 12.9. The van der Waals surface area contributed by atoms with E-state index in [2.05, 4.69) is 26.3 Å². The minimum Gasteiger partial charge on any atom is -0.360 e. The molecule has 0 unspecified atom stereocenters. The maximum absolute atomic E-state index is 5.09. The van der Waals surface area contributed by atoms with Crippen molar-refractivity contribution in [3.8, 4) is 22.5 Å². The van der Waals surface area contributed by atoms with Crippen LogP contribution in [0.25, 0.3) is 44.5 Å². The molecule has 116 valence electrons. The standard InChI is InChI=1S/C18H13N5O/c1-23-10-14(12-6-4-8-19-18(12)23)17-16(21-24-22-17)13-9-20-15-7-3-2-5-11(13)15/h2-10,20H,1H3. The van der Waals surface area contributed by atoms with Gasteiger partial charge in [0.1, 0.15) is 17.0 Å². The van der Waals surface area contributed by atoms with Crippen LogP contribution in [0.4, 0.5) is 0 Å². The molecule has 0 bridgehead atoms. The van der Waals surface area contributed by atoms with E-state index in [1.54, 1.807) is 6.20 Å². The third kappa shape index (κ3) is 1.73. The highest BCUT2D eigenvalue weighted by Gasteiger charge is 2.21. The van der Waals surface area contributed by atoms with Crippen molar-refractivity contribution >= 4 is 21.9 Å². The molecule has 24 heavy (non-hydrogen) atoms. The number of para-hydroxylation sites is 1. The summed E-state index contributed by atoms with van der Waals surface area (Å²) in [5.41, 5.74) is 5.34. The molecule has 6 nitrogen and oxygen atoms in total. The molecular weight excluding hydrogens is 302 g/mol. The number of H-pyrrole nitrogens is 1. The smallest absolute Gasteiger partial charge is 0.145 e. The van der Waals surface area contributed by atoms with Gasteiger partial charge in [-0.15, -0.1) is 0 Å². The van der Waals surface area contributed by atoms with E-state index >= 15 is 0 Å². The molecule has 6 heteroatoms. The van der Waals surface area contributed by atoms with Crippen LogP contribution in [0, 0.1) is 0 Å². The van der Waals surface area contributed by atoms with E-state index in [9.17, 15) is 0 Å². The predicted octanol–water partition coefficient (Wildman–Crippen LogP) is 3.77. The predicted molar refractivity (Wildman–Crippen MR) is 91.3 cm³/mol. The van der Waals surface area contributed by atoms with Crippen LogP contribution >= 0.6 is 0 Å². The summed E-state index contributed by atoms with van der Waals surface area (Å²) in [5.74, 6) is 0. The van der Waals surface area contributed by atoms with Crippen molar-refractivity contribution in [2.24, 2.45) is 7.05 Å². The molecule has 5 rings (SSSR count). The van der Waals surface area contributed by atoms with E-state index in [1.165, 1.54) is 0 Å². The van der Waals surface area contributed by atoms with Gasteiger partial charge in [-0.1, -0.05) is 18.2 Å². The van der Waals surface area contributed by atoms with Gasteiger partial charge >= 0.3 is 0 Å². The van der Waals surface area contributed by atoms with Crippen LogP contribution in [0.3, 0.4) is 0 Å². The number of nitrogens with zero attached hydrogens (tertiary/aromatic N) is 4. The number of pyridine rings is 1. The summed E-state index contributed by atoms with van der Waals surface area (Å²) in [6.07, 6.45) is 5.74. The fourth-order valence-corrected chi connectivity index (χ4v) is 3.21. The molecule has 0 saturated carbocycles. The second kappa shape index (κ2) is 4.79. The number of fused-ring (bicyclic) bond motifs is 2. The first-order valence-corrected chi connectivity index (χ1v) is 7.62. The Morgan fingerprint density at radius 3 is 2.67 bits per heavy atom. The van der Waals surface area contributed by atoms with E-state index < -0.39 is 0 Å². The number of rotatable bonds is 2. The van der Waals surface area contributed by atoms with Crippen LogP contribution in [-0.2, 0) is 7.05 Å². The van der Waals surface area contributed by atoms with Gasteiger partial charge in [-0.05, 0) is 28.5 Å². The Labute approximate surface area is 136 Å². The van der Waals surface area contributed by atoms with E-state index in [1.807, 2.05) is 54.3 Å². The fraction of sp³-hybridized carbons (Fsp3) is 0.0556. The van der Waals surface area contributed by atoms with Crippen LogP contribution in [-0.4, -0.2) is 24.8 Å². The van der Waals surface area contributed by atoms with E-state index in [-0.39, 0.29) is 0 Å². The van der Waals surface area contributed by atoms with E-state index in [4.69, 9.17) is 4.63 Å². The van der Waals surface area contributed by atoms with Gasteiger partial charge in [-0.25, -0.2) is 9.61 Å². The molecule has 4 aromatic heterocycles. The molecule has 4 heterocycles. The Balaban J connectivity index is 1.79. The van der Waals surface area contributed by atoms with E-state index in [0.29, 0.717) is 0 Å². The minimum atomic E-state index is 0.721. The third-order valence-electron chi connectivity index (χ3n) is 4.32. The van der Waals surface area contributed by atoms with Gasteiger partial charge in [-0.2, -0.15) is 0 Å². The molecule has 0 fully saturated rings. The lowest BCUT2D eigenvalue weighted by Crippen LogP contribution is -1.85. The highest BCUT2D eigenvalue weighted by Crippen LogP contribution is 2.36. The number of aromatic nitrogens is 5. The lowest BCUT2D eigenvalue weighted by Gasteiger charge is -1.97. The summed E-state index contributed by atoms with van der Waals surface area (Å²) in [5, 5.41) is 10.5. The van der Waals surface area contributed by atoms with Gasteiger partial charge in [0, 0.05) is 53.1 Å². The summed E-state index contributed by atoms with van der Waals surface area (Å²) < 4.78 is 7.07. The van der Waals surface area contributed by atoms with Crippen molar-refractivity contribution < 1.29 is 4.63 Å². The Kier molecular flexibility index (Phi) is 2.61. The second-order valence-electron chi connectivity index (χ2n) is 5.74. The van der Waals surface area contributed by atoms with Gasteiger partial charge in [0.2, 0.25) is 0 Å². The lowest BCUT2D eigenvalue weighted by molar-refractivity contribution is 0.310. The summed E-state index contributed by atoms with van der Waals surface area (Å²) in [6.45, 7) is 0. The van der Waals surface area contributed by atoms with Crippen molar-refractivity contribution in [3.05, 3.63) is 55.0 Å². The second-order valence-corrected chi connectivity index (χ2v) is 5.74. The molecule has 0 spiro atoms. The minimum absolute atomic E-state index is 0.721. The molecule has 0 atom stereocenters. The number of aryl methyl sites for hydroxylation is 1. The zero-order chi connectivity index (χ0) is 16.1. The Bertz CT molecular complexity index is 1180. The maximum atomic E-state index is 5.09. The maximum Gasteiger partial charge on any atom is 0.145 e. The molecule has 5 aromatic rings. The number of aromatic amines is 1. The molecule has 0 aliphatic carbocycles. The van der Waals surface area contributed by atoms with Gasteiger partial charge in [0.05, 0.1) is 0 Å². The normalized spacial score (nSPS) is 11.5. The molecule has 1 aromatic carbocycles. The lowest BCUT2D eigenvalue weighted by atomic mass is 10.0. The Morgan fingerprint density at radius 2 is 1.75 bits per heavy atom. The topological polar surface area (TPSA) is 72.5 Å². The monoisotopic (exact) mass is 315 g/mol. The summed E-state index contributed by atoms with van der Waals surface area (Å²) >= 11 is 0. The molecular formula is C18H13N5O. The van der Waals surface area contributed by atoms with Crippen molar-refractivity contribution in [1.29, 1.82) is 0 Å². The number of nitrogens with one attached hydrogen (secondary N) is 1. The highest BCUT2D eigenvalue weighted by atomic mass is 16.6. The van der Waals surface area contributed by atoms with Crippen molar-refractivity contribution in [2.45, 2.75) is 0 Å². The number of benzene rings is 1. The molecule has 0 aliphatic rings. The number of hydrogen-bond acceptors (Lipinski definition) is 4. The molecule has 1 N–H and O–H groups in total. The van der Waals surface area contributed by atoms with Crippen LogP contribution in [0.15, 0.2) is 59.6 Å². The Morgan fingerprint density at radius 1 is 0.958 bits per heavy atom. The summed E-state index contributed by atoms with van der Waals surface area (Å²) in [7, 11) is 1.97. The molecule has 0 radical (unpaired) electrons. The van der Waals surface area contributed by atoms with Gasteiger partial charge in [0.15, 0.2) is 0 Å². The first-order valence-electron chi connectivity index (χ1n) is 7.62. The van der Waals surface area contributed by atoms with Gasteiger partial charge in [0.25, 0.3) is 0 Å². The van der Waals surface area contributed by atoms with Crippen LogP contribution < -0.4 is 0 Å². The van der Waals surface area contributed by atoms with Crippen LogP contribution in [0.1, 0.15) is 0 Å². The number of hydrogen-bond donors (Lipinski definition) is 1. The van der Waals surface area contributed by atoms with Crippen molar-refractivity contribution in [3.63, 3.8) is 0 Å². The summed E-state index contributed by atoms with van der Waals surface area (Å²) in [4.78, 5) is 7.70. The van der Waals surface area contributed by atoms with Gasteiger partial charge in [-0.3, -0.25) is 0 Å². The quantitative estimate of drug-likeness (QED) is 0.538. The van der Waals surface area contributed by atoms with Crippen LogP contribution in [0.5, 0.6) is 0 Å². The first-order chi connectivity index (χ1) is 11.8. The SMILES string of the molecule is Cn1cc(-c2nonc2-c2c[nH]c3ccccc23)c2cccnc21. The van der Waals surface area contributed by atoms with Crippen molar-refractivity contribution in [2.75, 3.05) is 0 Å². The highest BCUT2D eigenvalue weighted by molar-refractivity contribution is 6.01. The molecule has 0 amide bonds. The van der Waals surface area contributed by atoms with Crippen molar-refractivity contribution in [1.82, 2.24) is 24.8 Å². The largest absolute Gasteiger partial charge is 0.360 e.